The molecule has 0 atom stereocenters. The highest BCUT2D eigenvalue weighted by molar-refractivity contribution is 9.11. The maximum absolute atomic E-state index is 11.4. The van der Waals surface area contributed by atoms with E-state index in [1.165, 1.54) is 0 Å². The van der Waals surface area contributed by atoms with Gasteiger partial charge in [-0.2, -0.15) is 0 Å². The third kappa shape index (κ3) is 1.51. The second-order valence-corrected chi connectivity index (χ2v) is 4.49. The highest BCUT2D eigenvalue weighted by atomic mass is 79.9. The van der Waals surface area contributed by atoms with E-state index in [-0.39, 0.29) is 11.6 Å². The van der Waals surface area contributed by atoms with E-state index in [2.05, 4.69) is 22.5 Å². The van der Waals surface area contributed by atoms with E-state index >= 15 is 0 Å². The van der Waals surface area contributed by atoms with E-state index in [4.69, 9.17) is 0 Å². The van der Waals surface area contributed by atoms with Crippen LogP contribution in [0.2, 0.25) is 0 Å². The van der Waals surface area contributed by atoms with Crippen molar-refractivity contribution in [2.24, 2.45) is 5.41 Å². The van der Waals surface area contributed by atoms with Gasteiger partial charge >= 0.3 is 0 Å². The van der Waals surface area contributed by atoms with Crippen LogP contribution in [0.1, 0.15) is 26.2 Å². The minimum absolute atomic E-state index is 0.0492. The number of carbonyl (C=O) groups is 2. The van der Waals surface area contributed by atoms with E-state index in [9.17, 15) is 9.59 Å². The zero-order valence-electron chi connectivity index (χ0n) is 7.02. The second kappa shape index (κ2) is 3.13. The first kappa shape index (κ1) is 9.65. The van der Waals surface area contributed by atoms with E-state index in [0.29, 0.717) is 23.7 Å². The predicted molar refractivity (Wildman–Crippen MR) is 50.0 cm³/mol. The standard InChI is InChI=1S/C9H11BrO2/c1-6(10)5-9(2)7(11)3-4-8(9)12/h1,3-5H2,2H3. The van der Waals surface area contributed by atoms with Gasteiger partial charge in [0.15, 0.2) is 0 Å². The average Bonchev–Trinajstić information content (AvgIpc) is 2.16. The summed E-state index contributed by atoms with van der Waals surface area (Å²) in [5, 5.41) is 0. The number of carbonyl (C=O) groups excluding carboxylic acids is 2. The zero-order chi connectivity index (χ0) is 9.35. The molecule has 0 bridgehead atoms. The monoisotopic (exact) mass is 230 g/mol. The highest BCUT2D eigenvalue weighted by Gasteiger charge is 2.44. The molecule has 1 fully saturated rings. The lowest BCUT2D eigenvalue weighted by molar-refractivity contribution is -0.133. The number of ketones is 2. The van der Waals surface area contributed by atoms with Gasteiger partial charge in [-0.3, -0.25) is 9.59 Å². The fourth-order valence-corrected chi connectivity index (χ4v) is 2.08. The van der Waals surface area contributed by atoms with Crippen molar-refractivity contribution in [1.82, 2.24) is 0 Å². The molecule has 1 aliphatic carbocycles. The van der Waals surface area contributed by atoms with Gasteiger partial charge in [0.1, 0.15) is 11.6 Å². The summed E-state index contributed by atoms with van der Waals surface area (Å²) in [6.07, 6.45) is 1.23. The molecule has 1 aliphatic rings. The quantitative estimate of drug-likeness (QED) is 0.683. The molecule has 0 unspecified atom stereocenters. The number of hydrogen-bond donors (Lipinski definition) is 0. The Bertz CT molecular complexity index is 239. The lowest BCUT2D eigenvalue weighted by Crippen LogP contribution is -2.28. The third-order valence-electron chi connectivity index (χ3n) is 2.36. The summed E-state index contributed by atoms with van der Waals surface area (Å²) in [6, 6.07) is 0. The Kier molecular flexibility index (Phi) is 2.52. The second-order valence-electron chi connectivity index (χ2n) is 3.37. The van der Waals surface area contributed by atoms with Gasteiger partial charge in [-0.25, -0.2) is 0 Å². The molecule has 0 aromatic carbocycles. The minimum Gasteiger partial charge on any atom is -0.299 e. The molecule has 3 heteroatoms. The van der Waals surface area contributed by atoms with E-state index in [1.807, 2.05) is 0 Å². The van der Waals surface area contributed by atoms with Crippen LogP contribution in [-0.4, -0.2) is 11.6 Å². The van der Waals surface area contributed by atoms with Gasteiger partial charge in [0.05, 0.1) is 5.41 Å². The molecule has 2 nitrogen and oxygen atoms in total. The molecule has 1 saturated carbocycles. The van der Waals surface area contributed by atoms with E-state index in [0.717, 1.165) is 0 Å². The van der Waals surface area contributed by atoms with Crippen molar-refractivity contribution in [1.29, 1.82) is 0 Å². The smallest absolute Gasteiger partial charge is 0.146 e. The molecular weight excluding hydrogens is 220 g/mol. The van der Waals surface area contributed by atoms with Gasteiger partial charge in [0, 0.05) is 12.8 Å². The normalized spacial score (nSPS) is 21.5. The molecule has 66 valence electrons. The molecule has 0 spiro atoms. The van der Waals surface area contributed by atoms with Gasteiger partial charge in [-0.15, -0.1) is 0 Å². The van der Waals surface area contributed by atoms with Crippen LogP contribution in [-0.2, 0) is 9.59 Å². The van der Waals surface area contributed by atoms with Crippen molar-refractivity contribution in [2.75, 3.05) is 0 Å². The number of hydrogen-bond acceptors (Lipinski definition) is 2. The number of rotatable bonds is 2. The Morgan fingerprint density at radius 1 is 1.50 bits per heavy atom. The Hall–Kier alpha value is -0.440. The Labute approximate surface area is 80.2 Å². The lowest BCUT2D eigenvalue weighted by atomic mass is 9.83. The predicted octanol–water partition coefficient (Wildman–Crippen LogP) is 2.22. The van der Waals surface area contributed by atoms with Crippen LogP contribution in [0.4, 0.5) is 0 Å². The summed E-state index contributed by atoms with van der Waals surface area (Å²) >= 11 is 3.18. The summed E-state index contributed by atoms with van der Waals surface area (Å²) in [7, 11) is 0. The summed E-state index contributed by atoms with van der Waals surface area (Å²) in [6.45, 7) is 5.35. The van der Waals surface area contributed by atoms with Crippen LogP contribution >= 0.6 is 15.9 Å². The van der Waals surface area contributed by atoms with E-state index in [1.54, 1.807) is 6.92 Å². The first-order valence-corrected chi connectivity index (χ1v) is 4.66. The molecular formula is C9H11BrO2. The molecule has 0 aromatic heterocycles. The zero-order valence-corrected chi connectivity index (χ0v) is 8.61. The molecule has 0 radical (unpaired) electrons. The summed E-state index contributed by atoms with van der Waals surface area (Å²) in [4.78, 5) is 22.7. The fourth-order valence-electron chi connectivity index (χ4n) is 1.52. The van der Waals surface area contributed by atoms with Gasteiger partial charge in [0.25, 0.3) is 0 Å². The molecule has 0 heterocycles. The minimum atomic E-state index is -0.791. The van der Waals surface area contributed by atoms with Crippen LogP contribution in [0.3, 0.4) is 0 Å². The molecule has 0 amide bonds. The lowest BCUT2D eigenvalue weighted by Gasteiger charge is -2.18. The molecule has 12 heavy (non-hydrogen) atoms. The first-order chi connectivity index (χ1) is 5.47. The van der Waals surface area contributed by atoms with Crippen LogP contribution in [0.25, 0.3) is 0 Å². The topological polar surface area (TPSA) is 34.1 Å². The number of allylic oxidation sites excluding steroid dienone is 1. The summed E-state index contributed by atoms with van der Waals surface area (Å²) in [5.74, 6) is 0.0983. The molecule has 0 saturated heterocycles. The summed E-state index contributed by atoms with van der Waals surface area (Å²) in [5.41, 5.74) is -0.791. The summed E-state index contributed by atoms with van der Waals surface area (Å²) < 4.78 is 0.716. The van der Waals surface area contributed by atoms with Crippen molar-refractivity contribution in [2.45, 2.75) is 26.2 Å². The van der Waals surface area contributed by atoms with E-state index < -0.39 is 5.41 Å². The Balaban J connectivity index is 2.87. The van der Waals surface area contributed by atoms with Gasteiger partial charge in [0.2, 0.25) is 0 Å². The van der Waals surface area contributed by atoms with Gasteiger partial charge in [-0.1, -0.05) is 22.5 Å². The van der Waals surface area contributed by atoms with Crippen LogP contribution in [0.15, 0.2) is 11.1 Å². The molecule has 0 aliphatic heterocycles. The molecule has 0 aromatic rings. The fraction of sp³-hybridized carbons (Fsp3) is 0.556. The Morgan fingerprint density at radius 2 is 1.92 bits per heavy atom. The van der Waals surface area contributed by atoms with Crippen LogP contribution in [0.5, 0.6) is 0 Å². The van der Waals surface area contributed by atoms with Crippen molar-refractivity contribution in [3.63, 3.8) is 0 Å². The van der Waals surface area contributed by atoms with Crippen molar-refractivity contribution in [3.8, 4) is 0 Å². The van der Waals surface area contributed by atoms with Gasteiger partial charge < -0.3 is 0 Å². The number of halogens is 1. The third-order valence-corrected chi connectivity index (χ3v) is 2.64. The molecule has 0 N–H and O–H groups in total. The van der Waals surface area contributed by atoms with Crippen LogP contribution < -0.4 is 0 Å². The van der Waals surface area contributed by atoms with Gasteiger partial charge in [-0.05, 0) is 17.8 Å². The molecule has 1 rings (SSSR count). The largest absolute Gasteiger partial charge is 0.299 e. The maximum Gasteiger partial charge on any atom is 0.146 e. The van der Waals surface area contributed by atoms with Crippen molar-refractivity contribution < 1.29 is 9.59 Å². The average molecular weight is 231 g/mol. The number of Topliss-reactive ketones (excluding diaryl/α,β-unsaturated/α-hetero) is 2. The van der Waals surface area contributed by atoms with Crippen molar-refractivity contribution in [3.05, 3.63) is 11.1 Å². The maximum atomic E-state index is 11.4. The van der Waals surface area contributed by atoms with Crippen molar-refractivity contribution >= 4 is 27.5 Å². The Morgan fingerprint density at radius 3 is 2.25 bits per heavy atom. The first-order valence-electron chi connectivity index (χ1n) is 3.86. The highest BCUT2D eigenvalue weighted by Crippen LogP contribution is 2.37. The SMILES string of the molecule is C=C(Br)CC1(C)C(=O)CCC1=O. The van der Waals surface area contributed by atoms with Crippen LogP contribution in [0, 0.1) is 5.41 Å².